The summed E-state index contributed by atoms with van der Waals surface area (Å²) in [6.45, 7) is 8.78. The van der Waals surface area contributed by atoms with E-state index in [4.69, 9.17) is 0 Å². The van der Waals surface area contributed by atoms with E-state index < -0.39 is 0 Å². The van der Waals surface area contributed by atoms with Crippen LogP contribution in [0, 0.1) is 5.41 Å². The molecular formula is C15H23NO. The minimum absolute atomic E-state index is 0.371. The Morgan fingerprint density at radius 1 is 1.12 bits per heavy atom. The Labute approximate surface area is 104 Å². The first-order chi connectivity index (χ1) is 7.98. The molecule has 2 rings (SSSR count). The van der Waals surface area contributed by atoms with Gasteiger partial charge in [0.25, 0.3) is 0 Å². The minimum Gasteiger partial charge on any atom is -0.389 e. The number of piperidine rings is 1. The van der Waals surface area contributed by atoms with Gasteiger partial charge in [0.05, 0.1) is 6.10 Å². The Bertz CT molecular complexity index is 357. The molecule has 94 valence electrons. The van der Waals surface area contributed by atoms with Crippen LogP contribution in [0.25, 0.3) is 0 Å². The summed E-state index contributed by atoms with van der Waals surface area (Å²) in [5.74, 6) is 0. The van der Waals surface area contributed by atoms with Crippen LogP contribution in [0.15, 0.2) is 24.3 Å². The van der Waals surface area contributed by atoms with Crippen molar-refractivity contribution in [2.24, 2.45) is 5.41 Å². The summed E-state index contributed by atoms with van der Waals surface area (Å²) in [5.41, 5.74) is 2.77. The van der Waals surface area contributed by atoms with Crippen LogP contribution in [-0.4, -0.2) is 18.2 Å². The van der Waals surface area contributed by atoms with Gasteiger partial charge in [0.15, 0.2) is 0 Å². The van der Waals surface area contributed by atoms with Crippen LogP contribution in [0.4, 0.5) is 5.69 Å². The molecule has 0 spiro atoms. The predicted molar refractivity (Wildman–Crippen MR) is 72.3 cm³/mol. The van der Waals surface area contributed by atoms with Crippen molar-refractivity contribution < 1.29 is 5.11 Å². The summed E-state index contributed by atoms with van der Waals surface area (Å²) in [6.07, 6.45) is 2.14. The second kappa shape index (κ2) is 4.69. The van der Waals surface area contributed by atoms with Gasteiger partial charge in [0.2, 0.25) is 0 Å². The highest BCUT2D eigenvalue weighted by Gasteiger charge is 2.25. The van der Waals surface area contributed by atoms with Gasteiger partial charge in [-0.15, -0.1) is 0 Å². The third-order valence-electron chi connectivity index (χ3n) is 3.86. The summed E-state index contributed by atoms with van der Waals surface area (Å²) in [7, 11) is 0. The van der Waals surface area contributed by atoms with Crippen molar-refractivity contribution in [3.05, 3.63) is 29.8 Å². The van der Waals surface area contributed by atoms with Gasteiger partial charge in [-0.05, 0) is 42.9 Å². The summed E-state index contributed by atoms with van der Waals surface area (Å²) >= 11 is 0. The fourth-order valence-corrected chi connectivity index (χ4v) is 2.33. The molecule has 1 N–H and O–H groups in total. The van der Waals surface area contributed by atoms with Gasteiger partial charge >= 0.3 is 0 Å². The highest BCUT2D eigenvalue weighted by Crippen LogP contribution is 2.32. The molecule has 2 heteroatoms. The molecule has 17 heavy (non-hydrogen) atoms. The van der Waals surface area contributed by atoms with Crippen LogP contribution in [0.2, 0.25) is 0 Å². The van der Waals surface area contributed by atoms with E-state index in [1.165, 1.54) is 18.5 Å². The van der Waals surface area contributed by atoms with E-state index in [1.54, 1.807) is 6.92 Å². The highest BCUT2D eigenvalue weighted by atomic mass is 16.3. The van der Waals surface area contributed by atoms with Gasteiger partial charge in [-0.25, -0.2) is 0 Å². The first-order valence-electron chi connectivity index (χ1n) is 6.51. The minimum atomic E-state index is -0.371. The Balaban J connectivity index is 2.04. The fraction of sp³-hybridized carbons (Fsp3) is 0.600. The van der Waals surface area contributed by atoms with Crippen LogP contribution in [-0.2, 0) is 0 Å². The van der Waals surface area contributed by atoms with Crippen LogP contribution in [0.3, 0.4) is 0 Å². The largest absolute Gasteiger partial charge is 0.389 e. The van der Waals surface area contributed by atoms with E-state index in [-0.39, 0.29) is 6.10 Å². The lowest BCUT2D eigenvalue weighted by atomic mass is 9.82. The Hall–Kier alpha value is -1.02. The topological polar surface area (TPSA) is 23.5 Å². The number of hydrogen-bond donors (Lipinski definition) is 1. The first kappa shape index (κ1) is 12.4. The van der Waals surface area contributed by atoms with Gasteiger partial charge in [-0.3, -0.25) is 0 Å². The van der Waals surface area contributed by atoms with Crippen molar-refractivity contribution in [1.29, 1.82) is 0 Å². The number of aliphatic hydroxyl groups excluding tert-OH is 1. The lowest BCUT2D eigenvalue weighted by molar-refractivity contribution is 0.199. The maximum atomic E-state index is 9.48. The zero-order valence-corrected chi connectivity index (χ0v) is 11.1. The molecule has 1 aliphatic heterocycles. The second-order valence-corrected chi connectivity index (χ2v) is 5.92. The number of benzene rings is 1. The van der Waals surface area contributed by atoms with Gasteiger partial charge < -0.3 is 10.0 Å². The molecule has 0 aromatic heterocycles. The smallest absolute Gasteiger partial charge is 0.0761 e. The molecule has 1 heterocycles. The molecule has 1 aromatic rings. The van der Waals surface area contributed by atoms with Crippen LogP contribution in [0.5, 0.6) is 0 Å². The molecule has 2 nitrogen and oxygen atoms in total. The molecule has 0 aliphatic carbocycles. The van der Waals surface area contributed by atoms with Gasteiger partial charge in [0, 0.05) is 18.8 Å². The van der Waals surface area contributed by atoms with Crippen molar-refractivity contribution >= 4 is 5.69 Å². The third kappa shape index (κ3) is 3.01. The van der Waals surface area contributed by atoms with Gasteiger partial charge in [-0.2, -0.15) is 0 Å². The standard InChI is InChI=1S/C15H23NO/c1-12(17)13-4-6-14(7-5-13)16-10-8-15(2,3)9-11-16/h4-7,12,17H,8-11H2,1-3H3. The fourth-order valence-electron chi connectivity index (χ4n) is 2.33. The Kier molecular flexibility index (Phi) is 3.43. The van der Waals surface area contributed by atoms with E-state index in [9.17, 15) is 5.11 Å². The lowest BCUT2D eigenvalue weighted by Gasteiger charge is -2.38. The summed E-state index contributed by atoms with van der Waals surface area (Å²) in [4.78, 5) is 2.44. The van der Waals surface area contributed by atoms with E-state index in [2.05, 4.69) is 30.9 Å². The maximum absolute atomic E-state index is 9.48. The Morgan fingerprint density at radius 3 is 2.12 bits per heavy atom. The van der Waals surface area contributed by atoms with E-state index in [0.717, 1.165) is 18.7 Å². The average molecular weight is 233 g/mol. The van der Waals surface area contributed by atoms with Crippen LogP contribution in [0.1, 0.15) is 45.3 Å². The van der Waals surface area contributed by atoms with E-state index >= 15 is 0 Å². The van der Waals surface area contributed by atoms with Crippen molar-refractivity contribution in [3.63, 3.8) is 0 Å². The molecular weight excluding hydrogens is 210 g/mol. The Morgan fingerprint density at radius 2 is 1.65 bits per heavy atom. The molecule has 1 fully saturated rings. The third-order valence-corrected chi connectivity index (χ3v) is 3.86. The molecule has 1 aliphatic rings. The maximum Gasteiger partial charge on any atom is 0.0761 e. The second-order valence-electron chi connectivity index (χ2n) is 5.92. The molecule has 0 bridgehead atoms. The van der Waals surface area contributed by atoms with Crippen LogP contribution >= 0.6 is 0 Å². The summed E-state index contributed by atoms with van der Waals surface area (Å²) in [6, 6.07) is 8.31. The monoisotopic (exact) mass is 233 g/mol. The molecule has 1 saturated heterocycles. The lowest BCUT2D eigenvalue weighted by Crippen LogP contribution is -2.37. The zero-order valence-electron chi connectivity index (χ0n) is 11.1. The van der Waals surface area contributed by atoms with E-state index in [0.29, 0.717) is 5.41 Å². The quantitative estimate of drug-likeness (QED) is 0.846. The van der Waals surface area contributed by atoms with Crippen molar-refractivity contribution in [1.82, 2.24) is 0 Å². The number of anilines is 1. The number of rotatable bonds is 2. The highest BCUT2D eigenvalue weighted by molar-refractivity contribution is 5.48. The molecule has 0 amide bonds. The number of nitrogens with zero attached hydrogens (tertiary/aromatic N) is 1. The number of aliphatic hydroxyl groups is 1. The molecule has 1 atom stereocenters. The van der Waals surface area contributed by atoms with E-state index in [1.807, 2.05) is 12.1 Å². The molecule has 0 radical (unpaired) electrons. The van der Waals surface area contributed by atoms with Crippen molar-refractivity contribution in [2.45, 2.75) is 39.7 Å². The average Bonchev–Trinajstić information content (AvgIpc) is 2.29. The first-order valence-corrected chi connectivity index (χ1v) is 6.51. The number of hydrogen-bond acceptors (Lipinski definition) is 2. The summed E-state index contributed by atoms with van der Waals surface area (Å²) in [5, 5.41) is 9.48. The molecule has 1 unspecified atom stereocenters. The normalized spacial score (nSPS) is 21.3. The van der Waals surface area contributed by atoms with Gasteiger partial charge in [-0.1, -0.05) is 26.0 Å². The van der Waals surface area contributed by atoms with Crippen LogP contribution < -0.4 is 4.90 Å². The van der Waals surface area contributed by atoms with Crippen molar-refractivity contribution in [2.75, 3.05) is 18.0 Å². The predicted octanol–water partition coefficient (Wildman–Crippen LogP) is 3.37. The van der Waals surface area contributed by atoms with Crippen molar-refractivity contribution in [3.8, 4) is 0 Å². The SMILES string of the molecule is CC(O)c1ccc(N2CCC(C)(C)CC2)cc1. The molecule has 1 aromatic carbocycles. The summed E-state index contributed by atoms with van der Waals surface area (Å²) < 4.78 is 0. The zero-order chi connectivity index (χ0) is 12.5. The van der Waals surface area contributed by atoms with Gasteiger partial charge in [0.1, 0.15) is 0 Å². The molecule has 0 saturated carbocycles.